The summed E-state index contributed by atoms with van der Waals surface area (Å²) in [5, 5.41) is 11.3. The van der Waals surface area contributed by atoms with Crippen LogP contribution in [0, 0.1) is 0 Å². The highest BCUT2D eigenvalue weighted by Crippen LogP contribution is 2.32. The van der Waals surface area contributed by atoms with E-state index in [1.54, 1.807) is 4.68 Å². The topological polar surface area (TPSA) is 68.2 Å². The molecule has 0 bridgehead atoms. The molecule has 1 amide bonds. The fourth-order valence-electron chi connectivity index (χ4n) is 3.92. The van der Waals surface area contributed by atoms with Gasteiger partial charge in [0.2, 0.25) is 5.88 Å². The highest BCUT2D eigenvalue weighted by Gasteiger charge is 2.38. The second kappa shape index (κ2) is 5.67. The molecule has 3 rings (SSSR count). The van der Waals surface area contributed by atoms with Gasteiger partial charge in [-0.25, -0.2) is 4.68 Å². The number of nitrogens with zero attached hydrogens (tertiary/aromatic N) is 2. The first-order valence-electron chi connectivity index (χ1n) is 8.16. The Bertz CT molecular complexity index is 608. The van der Waals surface area contributed by atoms with Crippen LogP contribution in [-0.4, -0.2) is 39.4 Å². The van der Waals surface area contributed by atoms with Crippen LogP contribution < -0.4 is 15.4 Å². The third-order valence-corrected chi connectivity index (χ3v) is 4.69. The first kappa shape index (κ1) is 16.6. The molecule has 0 unspecified atom stereocenters. The number of hydrogen-bond donors (Lipinski definition) is 2. The largest absolute Gasteiger partial charge is 0.477 e. The maximum atomic E-state index is 12.6. The van der Waals surface area contributed by atoms with Gasteiger partial charge in [-0.1, -0.05) is 11.6 Å². The number of piperidine rings is 1. The van der Waals surface area contributed by atoms with Gasteiger partial charge in [-0.15, -0.1) is 0 Å². The molecule has 0 saturated carbocycles. The fourth-order valence-corrected chi connectivity index (χ4v) is 4.20. The predicted octanol–water partition coefficient (Wildman–Crippen LogP) is 2.36. The van der Waals surface area contributed by atoms with E-state index in [2.05, 4.69) is 43.4 Å². The van der Waals surface area contributed by atoms with E-state index < -0.39 is 0 Å². The molecule has 1 aromatic rings. The zero-order chi connectivity index (χ0) is 16.8. The Labute approximate surface area is 141 Å². The summed E-state index contributed by atoms with van der Waals surface area (Å²) in [6.07, 6.45) is 2.61. The molecule has 6 nitrogen and oxygen atoms in total. The minimum absolute atomic E-state index is 0.0277. The van der Waals surface area contributed by atoms with Crippen LogP contribution in [0.5, 0.6) is 5.88 Å². The molecule has 1 saturated heterocycles. The molecule has 1 aromatic heterocycles. The van der Waals surface area contributed by atoms with Crippen molar-refractivity contribution in [3.63, 3.8) is 0 Å². The normalized spacial score (nSPS) is 23.0. The van der Waals surface area contributed by atoms with Gasteiger partial charge in [0.05, 0.1) is 6.61 Å². The zero-order valence-corrected chi connectivity index (χ0v) is 15.0. The van der Waals surface area contributed by atoms with Crippen LogP contribution >= 0.6 is 11.6 Å². The summed E-state index contributed by atoms with van der Waals surface area (Å²) in [5.74, 6) is 0.285. The van der Waals surface area contributed by atoms with E-state index in [-0.39, 0.29) is 28.7 Å². The molecule has 2 aliphatic rings. The van der Waals surface area contributed by atoms with E-state index in [9.17, 15) is 4.79 Å². The number of carbonyl (C=O) groups is 1. The predicted molar refractivity (Wildman–Crippen MR) is 89.1 cm³/mol. The minimum Gasteiger partial charge on any atom is -0.477 e. The Balaban J connectivity index is 1.76. The highest BCUT2D eigenvalue weighted by molar-refractivity contribution is 6.34. The summed E-state index contributed by atoms with van der Waals surface area (Å²) < 4.78 is 7.20. The number of halogens is 1. The lowest BCUT2D eigenvalue weighted by atomic mass is 9.79. The number of amides is 1. The van der Waals surface area contributed by atoms with Gasteiger partial charge in [0.1, 0.15) is 5.02 Å². The molecular formula is C16H25ClN4O2. The van der Waals surface area contributed by atoms with Crippen LogP contribution in [-0.2, 0) is 6.54 Å². The molecule has 7 heteroatoms. The standard InChI is InChI=1S/C16H25ClN4O2/c1-15(2)8-10(9-16(3,4)20-15)18-13(22)12-11(17)14-21(19-12)6-5-7-23-14/h10,20H,5-9H2,1-4H3,(H,18,22). The van der Waals surface area contributed by atoms with Crippen molar-refractivity contribution in [1.82, 2.24) is 20.4 Å². The lowest BCUT2D eigenvalue weighted by Gasteiger charge is -2.46. The molecule has 0 aromatic carbocycles. The number of ether oxygens (including phenoxy) is 1. The van der Waals surface area contributed by atoms with E-state index in [0.29, 0.717) is 17.5 Å². The van der Waals surface area contributed by atoms with Crippen molar-refractivity contribution in [3.05, 3.63) is 10.7 Å². The average Bonchev–Trinajstić information content (AvgIpc) is 2.73. The number of aromatic nitrogens is 2. The van der Waals surface area contributed by atoms with Crippen LogP contribution in [0.2, 0.25) is 5.02 Å². The molecule has 2 N–H and O–H groups in total. The van der Waals surface area contributed by atoms with Crippen molar-refractivity contribution >= 4 is 17.5 Å². The van der Waals surface area contributed by atoms with Gasteiger partial charge in [-0.2, -0.15) is 5.10 Å². The van der Waals surface area contributed by atoms with Crippen LogP contribution in [0.1, 0.15) is 57.4 Å². The van der Waals surface area contributed by atoms with Gasteiger partial charge in [-0.05, 0) is 40.5 Å². The smallest absolute Gasteiger partial charge is 0.273 e. The van der Waals surface area contributed by atoms with Gasteiger partial charge >= 0.3 is 0 Å². The third kappa shape index (κ3) is 3.48. The summed E-state index contributed by atoms with van der Waals surface area (Å²) in [6, 6.07) is 0.0875. The molecule has 2 aliphatic heterocycles. The van der Waals surface area contributed by atoms with Crippen molar-refractivity contribution < 1.29 is 9.53 Å². The minimum atomic E-state index is -0.223. The molecule has 0 aliphatic carbocycles. The second-order valence-electron chi connectivity index (χ2n) is 7.86. The van der Waals surface area contributed by atoms with Gasteiger partial charge in [0.25, 0.3) is 5.91 Å². The summed E-state index contributed by atoms with van der Waals surface area (Å²) >= 11 is 6.29. The lowest BCUT2D eigenvalue weighted by molar-refractivity contribution is 0.0867. The lowest BCUT2D eigenvalue weighted by Crippen LogP contribution is -2.62. The molecule has 128 valence electrons. The van der Waals surface area contributed by atoms with Crippen LogP contribution in [0.3, 0.4) is 0 Å². The molecule has 0 atom stereocenters. The van der Waals surface area contributed by atoms with Gasteiger partial charge in [0, 0.05) is 30.1 Å². The number of nitrogens with one attached hydrogen (secondary N) is 2. The molecule has 23 heavy (non-hydrogen) atoms. The fraction of sp³-hybridized carbons (Fsp3) is 0.750. The molecule has 0 radical (unpaired) electrons. The quantitative estimate of drug-likeness (QED) is 0.867. The number of fused-ring (bicyclic) bond motifs is 1. The SMILES string of the molecule is CC1(C)CC(NC(=O)c2nn3c(c2Cl)OCCC3)CC(C)(C)N1. The average molecular weight is 341 g/mol. The Morgan fingerprint density at radius 2 is 2.00 bits per heavy atom. The van der Waals surface area contributed by atoms with Crippen LogP contribution in [0.25, 0.3) is 0 Å². The van der Waals surface area contributed by atoms with Crippen molar-refractivity contribution in [2.45, 2.75) is 70.6 Å². The monoisotopic (exact) mass is 340 g/mol. The second-order valence-corrected chi connectivity index (χ2v) is 8.24. The van der Waals surface area contributed by atoms with Crippen LogP contribution in [0.4, 0.5) is 0 Å². The van der Waals surface area contributed by atoms with Gasteiger partial charge in [0.15, 0.2) is 5.69 Å². The van der Waals surface area contributed by atoms with E-state index >= 15 is 0 Å². The third-order valence-electron chi connectivity index (χ3n) is 4.34. The number of rotatable bonds is 2. The summed E-state index contributed by atoms with van der Waals surface area (Å²) in [7, 11) is 0. The van der Waals surface area contributed by atoms with E-state index in [4.69, 9.17) is 16.3 Å². The maximum absolute atomic E-state index is 12.6. The van der Waals surface area contributed by atoms with Crippen molar-refractivity contribution in [1.29, 1.82) is 0 Å². The first-order chi connectivity index (χ1) is 10.7. The summed E-state index contributed by atoms with van der Waals surface area (Å²) in [6.45, 7) is 9.97. The molecule has 1 fully saturated rings. The summed E-state index contributed by atoms with van der Waals surface area (Å²) in [4.78, 5) is 12.6. The maximum Gasteiger partial charge on any atom is 0.273 e. The van der Waals surface area contributed by atoms with Crippen molar-refractivity contribution in [3.8, 4) is 5.88 Å². The number of carbonyl (C=O) groups excluding carboxylic acids is 1. The van der Waals surface area contributed by atoms with Gasteiger partial charge in [-0.3, -0.25) is 4.79 Å². The Morgan fingerprint density at radius 3 is 2.61 bits per heavy atom. The Morgan fingerprint density at radius 1 is 1.35 bits per heavy atom. The number of aryl methyl sites for hydroxylation is 1. The van der Waals surface area contributed by atoms with E-state index in [1.165, 1.54) is 0 Å². The van der Waals surface area contributed by atoms with E-state index in [1.807, 2.05) is 0 Å². The molecular weight excluding hydrogens is 316 g/mol. The Kier molecular flexibility index (Phi) is 4.09. The van der Waals surface area contributed by atoms with Crippen LogP contribution in [0.15, 0.2) is 0 Å². The zero-order valence-electron chi connectivity index (χ0n) is 14.2. The van der Waals surface area contributed by atoms with E-state index in [0.717, 1.165) is 25.8 Å². The number of hydrogen-bond acceptors (Lipinski definition) is 4. The highest BCUT2D eigenvalue weighted by atomic mass is 35.5. The first-order valence-corrected chi connectivity index (χ1v) is 8.54. The molecule has 0 spiro atoms. The van der Waals surface area contributed by atoms with Crippen molar-refractivity contribution in [2.24, 2.45) is 0 Å². The van der Waals surface area contributed by atoms with Crippen molar-refractivity contribution in [2.75, 3.05) is 6.61 Å². The summed E-state index contributed by atoms with van der Waals surface area (Å²) in [5.41, 5.74) is 0.206. The van der Waals surface area contributed by atoms with Gasteiger partial charge < -0.3 is 15.4 Å². The Hall–Kier alpha value is -1.27. The molecule has 3 heterocycles.